The fourth-order valence-electron chi connectivity index (χ4n) is 9.49. The van der Waals surface area contributed by atoms with Crippen molar-refractivity contribution in [3.63, 3.8) is 0 Å². The van der Waals surface area contributed by atoms with Crippen molar-refractivity contribution in [2.45, 2.75) is 0 Å². The first-order chi connectivity index (χ1) is 27.3. The van der Waals surface area contributed by atoms with E-state index in [1.807, 2.05) is 0 Å². The Labute approximate surface area is 318 Å². The molecule has 0 saturated carbocycles. The van der Waals surface area contributed by atoms with Crippen molar-refractivity contribution in [2.75, 3.05) is 0 Å². The molecule has 2 nitrogen and oxygen atoms in total. The van der Waals surface area contributed by atoms with E-state index >= 15 is 0 Å². The van der Waals surface area contributed by atoms with Gasteiger partial charge in [-0.05, 0) is 112 Å². The maximum Gasteiger partial charge on any atom is 0.262 e. The zero-order chi connectivity index (χ0) is 36.0. The van der Waals surface area contributed by atoms with Gasteiger partial charge < -0.3 is 9.47 Å². The van der Waals surface area contributed by atoms with Crippen LogP contribution in [0.5, 0.6) is 23.0 Å². The third kappa shape index (κ3) is 4.44. The summed E-state index contributed by atoms with van der Waals surface area (Å²) in [6, 6.07) is 67.7. The van der Waals surface area contributed by atoms with Crippen LogP contribution in [-0.4, -0.2) is 6.71 Å². The van der Waals surface area contributed by atoms with E-state index in [9.17, 15) is 0 Å². The largest absolute Gasteiger partial charge is 0.458 e. The molecule has 0 unspecified atom stereocenters. The Bertz CT molecular complexity index is 3050. The van der Waals surface area contributed by atoms with Gasteiger partial charge in [0.2, 0.25) is 0 Å². The van der Waals surface area contributed by atoms with Gasteiger partial charge in [0.25, 0.3) is 6.71 Å². The standard InChI is InChI=1S/C52H31BO2/c1-2-16-34(17-3-1)48-40-22-10-12-24-42(40)49(43-25-13-11-23-41(43)48)39-21-9-8-18-36(39)35-30-46-52-47(31-35)55-45-29-27-33-15-5-7-20-38(33)51(45)53(52)50-37-19-6-4-14-32(37)26-28-44(50)54-46/h1-31H. The lowest BCUT2D eigenvalue weighted by Crippen LogP contribution is -2.57. The molecular formula is C52H31BO2. The molecule has 254 valence electrons. The summed E-state index contributed by atoms with van der Waals surface area (Å²) >= 11 is 0. The van der Waals surface area contributed by atoms with Gasteiger partial charge in [-0.1, -0.05) is 164 Å². The van der Waals surface area contributed by atoms with Crippen molar-refractivity contribution in [3.05, 3.63) is 188 Å². The molecule has 55 heavy (non-hydrogen) atoms. The summed E-state index contributed by atoms with van der Waals surface area (Å²) in [6.45, 7) is -0.0580. The molecule has 12 rings (SSSR count). The molecule has 0 fully saturated rings. The van der Waals surface area contributed by atoms with Gasteiger partial charge in [-0.25, -0.2) is 0 Å². The molecule has 0 bridgehead atoms. The van der Waals surface area contributed by atoms with Crippen LogP contribution < -0.4 is 25.9 Å². The SMILES string of the molecule is c1ccc(-c2c3ccccc3c(-c3ccccc3-c3cc4c5c(c3)Oc3ccc6ccccc6c3B5c3c(ccc5ccccc35)O4)c3ccccc23)cc1. The number of fused-ring (bicyclic) bond motifs is 10. The summed E-state index contributed by atoms with van der Waals surface area (Å²) in [5, 5.41) is 9.73. The van der Waals surface area contributed by atoms with Crippen LogP contribution >= 0.6 is 0 Å². The Morgan fingerprint density at radius 3 is 1.27 bits per heavy atom. The van der Waals surface area contributed by atoms with Gasteiger partial charge in [0.05, 0.1) is 0 Å². The van der Waals surface area contributed by atoms with E-state index in [4.69, 9.17) is 9.47 Å². The first-order valence-electron chi connectivity index (χ1n) is 19.0. The number of hydrogen-bond donors (Lipinski definition) is 0. The Morgan fingerprint density at radius 2 is 0.727 bits per heavy atom. The van der Waals surface area contributed by atoms with Crippen molar-refractivity contribution in [1.29, 1.82) is 0 Å². The highest BCUT2D eigenvalue weighted by Gasteiger charge is 2.42. The van der Waals surface area contributed by atoms with Crippen LogP contribution in [0.15, 0.2) is 188 Å². The van der Waals surface area contributed by atoms with Crippen LogP contribution in [0.4, 0.5) is 0 Å². The van der Waals surface area contributed by atoms with E-state index in [2.05, 4.69) is 188 Å². The molecule has 0 aliphatic carbocycles. The van der Waals surface area contributed by atoms with E-state index in [0.29, 0.717) is 0 Å². The molecule has 0 saturated heterocycles. The quantitative estimate of drug-likeness (QED) is 0.135. The summed E-state index contributed by atoms with van der Waals surface area (Å²) < 4.78 is 14.0. The molecule has 0 amide bonds. The van der Waals surface area contributed by atoms with Crippen molar-refractivity contribution < 1.29 is 9.47 Å². The van der Waals surface area contributed by atoms with Gasteiger partial charge in [-0.2, -0.15) is 0 Å². The smallest absolute Gasteiger partial charge is 0.262 e. The van der Waals surface area contributed by atoms with E-state index in [-0.39, 0.29) is 6.71 Å². The van der Waals surface area contributed by atoms with E-state index < -0.39 is 0 Å². The molecule has 3 heteroatoms. The van der Waals surface area contributed by atoms with Crippen molar-refractivity contribution >= 4 is 66.2 Å². The predicted octanol–water partition coefficient (Wildman–Crippen LogP) is 12.0. The monoisotopic (exact) mass is 698 g/mol. The summed E-state index contributed by atoms with van der Waals surface area (Å²) in [5.41, 5.74) is 10.5. The molecule has 10 aromatic rings. The highest BCUT2D eigenvalue weighted by molar-refractivity contribution is 7.00. The molecule has 0 radical (unpaired) electrons. The van der Waals surface area contributed by atoms with Crippen LogP contribution in [0.2, 0.25) is 0 Å². The van der Waals surface area contributed by atoms with Crippen molar-refractivity contribution in [2.24, 2.45) is 0 Å². The highest BCUT2D eigenvalue weighted by atomic mass is 16.5. The Kier molecular flexibility index (Phi) is 6.46. The van der Waals surface area contributed by atoms with Gasteiger partial charge in [0.15, 0.2) is 0 Å². The molecular weight excluding hydrogens is 667 g/mol. The average Bonchev–Trinajstić information content (AvgIpc) is 3.25. The van der Waals surface area contributed by atoms with Crippen molar-refractivity contribution in [1.82, 2.24) is 0 Å². The number of ether oxygens (including phenoxy) is 2. The second-order valence-corrected chi connectivity index (χ2v) is 14.7. The summed E-state index contributed by atoms with van der Waals surface area (Å²) in [7, 11) is 0. The Balaban J connectivity index is 1.12. The van der Waals surface area contributed by atoms with Crippen LogP contribution in [0.3, 0.4) is 0 Å². The number of benzene rings is 10. The number of hydrogen-bond acceptors (Lipinski definition) is 2. The molecule has 2 aliphatic rings. The highest BCUT2D eigenvalue weighted by Crippen LogP contribution is 2.47. The maximum absolute atomic E-state index is 6.99. The van der Waals surface area contributed by atoms with Crippen molar-refractivity contribution in [3.8, 4) is 56.4 Å². The van der Waals surface area contributed by atoms with Gasteiger partial charge in [-0.3, -0.25) is 0 Å². The van der Waals surface area contributed by atoms with E-state index in [1.54, 1.807) is 0 Å². The molecule has 2 aliphatic heterocycles. The van der Waals surface area contributed by atoms with Gasteiger partial charge in [0, 0.05) is 5.46 Å². The molecule has 2 heterocycles. The Morgan fingerprint density at radius 1 is 0.291 bits per heavy atom. The fourth-order valence-corrected chi connectivity index (χ4v) is 9.49. The van der Waals surface area contributed by atoms with E-state index in [0.717, 1.165) is 39.6 Å². The molecule has 0 N–H and O–H groups in total. The molecule has 10 aromatic carbocycles. The average molecular weight is 699 g/mol. The first-order valence-corrected chi connectivity index (χ1v) is 19.0. The van der Waals surface area contributed by atoms with Crippen LogP contribution in [0.25, 0.3) is 76.5 Å². The van der Waals surface area contributed by atoms with E-state index in [1.165, 1.54) is 76.3 Å². The zero-order valence-electron chi connectivity index (χ0n) is 29.8. The maximum atomic E-state index is 6.99. The minimum absolute atomic E-state index is 0.0580. The fraction of sp³-hybridized carbons (Fsp3) is 0. The van der Waals surface area contributed by atoms with Gasteiger partial charge in [-0.15, -0.1) is 0 Å². The van der Waals surface area contributed by atoms with Gasteiger partial charge in [0.1, 0.15) is 23.0 Å². The third-order valence-corrected chi connectivity index (χ3v) is 11.8. The second kappa shape index (κ2) is 11.7. The molecule has 0 spiro atoms. The predicted molar refractivity (Wildman–Crippen MR) is 230 cm³/mol. The lowest BCUT2D eigenvalue weighted by molar-refractivity contribution is 0.465. The molecule has 0 aromatic heterocycles. The summed E-state index contributed by atoms with van der Waals surface area (Å²) in [6.07, 6.45) is 0. The summed E-state index contributed by atoms with van der Waals surface area (Å²) in [4.78, 5) is 0. The lowest BCUT2D eigenvalue weighted by atomic mass is 9.33. The minimum Gasteiger partial charge on any atom is -0.458 e. The number of rotatable bonds is 3. The summed E-state index contributed by atoms with van der Waals surface area (Å²) in [5.74, 6) is 3.45. The van der Waals surface area contributed by atoms with Gasteiger partial charge >= 0.3 is 0 Å². The zero-order valence-corrected chi connectivity index (χ0v) is 29.8. The van der Waals surface area contributed by atoms with Crippen LogP contribution in [0, 0.1) is 0 Å². The van der Waals surface area contributed by atoms with Crippen LogP contribution in [-0.2, 0) is 0 Å². The second-order valence-electron chi connectivity index (χ2n) is 14.7. The molecule has 0 atom stereocenters. The van der Waals surface area contributed by atoms with Crippen LogP contribution in [0.1, 0.15) is 0 Å². The normalized spacial score (nSPS) is 12.6. The minimum atomic E-state index is -0.0580. The Hall–Kier alpha value is -7.10. The lowest BCUT2D eigenvalue weighted by Gasteiger charge is -2.35. The topological polar surface area (TPSA) is 18.5 Å². The first kappa shape index (κ1) is 30.4. The third-order valence-electron chi connectivity index (χ3n) is 11.8.